The van der Waals surface area contributed by atoms with E-state index in [9.17, 15) is 4.79 Å². The van der Waals surface area contributed by atoms with E-state index in [1.54, 1.807) is 7.11 Å². The van der Waals surface area contributed by atoms with Crippen LogP contribution in [-0.2, 0) is 11.2 Å². The van der Waals surface area contributed by atoms with E-state index in [4.69, 9.17) is 4.74 Å². The first kappa shape index (κ1) is 15.2. The number of rotatable bonds is 5. The lowest BCUT2D eigenvalue weighted by Gasteiger charge is -2.24. The fourth-order valence-corrected chi connectivity index (χ4v) is 3.26. The van der Waals surface area contributed by atoms with Crippen molar-refractivity contribution in [3.8, 4) is 5.75 Å². The summed E-state index contributed by atoms with van der Waals surface area (Å²) in [6, 6.07) is 7.96. The second-order valence-corrected chi connectivity index (χ2v) is 6.16. The highest BCUT2D eigenvalue weighted by atomic mass is 32.2. The molecule has 5 heteroatoms. The molecule has 110 valence electrons. The first-order chi connectivity index (χ1) is 9.70. The molecule has 0 saturated carbocycles. The Kier molecular flexibility index (Phi) is 5.73. The number of thioether (sulfide) groups is 1. The second kappa shape index (κ2) is 7.55. The van der Waals surface area contributed by atoms with E-state index in [1.165, 1.54) is 0 Å². The standard InChI is InChI=1S/C15H22N2O2S/c1-11(9-12-5-3-4-6-14(12)19-2)17-15(18)13-10-20-8-7-16-13/h3-6,11,13,16H,7-10H2,1-2H3,(H,17,18). The number of amides is 1. The maximum atomic E-state index is 12.1. The Labute approximate surface area is 124 Å². The molecule has 1 heterocycles. The van der Waals surface area contributed by atoms with Crippen molar-refractivity contribution in [1.82, 2.24) is 10.6 Å². The Balaban J connectivity index is 1.88. The van der Waals surface area contributed by atoms with Gasteiger partial charge in [-0.2, -0.15) is 11.8 Å². The van der Waals surface area contributed by atoms with Crippen LogP contribution in [0.5, 0.6) is 5.75 Å². The Morgan fingerprint density at radius 1 is 1.55 bits per heavy atom. The number of carbonyl (C=O) groups is 1. The number of hydrogen-bond donors (Lipinski definition) is 2. The Hall–Kier alpha value is -1.20. The maximum Gasteiger partial charge on any atom is 0.238 e. The molecular formula is C15H22N2O2S. The van der Waals surface area contributed by atoms with Crippen LogP contribution in [0.25, 0.3) is 0 Å². The highest BCUT2D eigenvalue weighted by Gasteiger charge is 2.22. The molecule has 1 aliphatic rings. The third-order valence-electron chi connectivity index (χ3n) is 3.35. The van der Waals surface area contributed by atoms with Gasteiger partial charge in [0.05, 0.1) is 13.2 Å². The Bertz CT molecular complexity index is 447. The molecule has 1 aliphatic heterocycles. The van der Waals surface area contributed by atoms with Crippen molar-refractivity contribution >= 4 is 17.7 Å². The smallest absolute Gasteiger partial charge is 0.238 e. The van der Waals surface area contributed by atoms with Crippen molar-refractivity contribution in [2.75, 3.05) is 25.2 Å². The normalized spacial score (nSPS) is 20.2. The van der Waals surface area contributed by atoms with Gasteiger partial charge in [-0.25, -0.2) is 0 Å². The highest BCUT2D eigenvalue weighted by Crippen LogP contribution is 2.19. The number of para-hydroxylation sites is 1. The second-order valence-electron chi connectivity index (χ2n) is 5.01. The van der Waals surface area contributed by atoms with Crippen molar-refractivity contribution in [3.63, 3.8) is 0 Å². The molecular weight excluding hydrogens is 272 g/mol. The summed E-state index contributed by atoms with van der Waals surface area (Å²) in [5.41, 5.74) is 1.12. The number of carbonyl (C=O) groups excluding carboxylic acids is 1. The van der Waals surface area contributed by atoms with Crippen LogP contribution in [-0.4, -0.2) is 43.2 Å². The van der Waals surface area contributed by atoms with Crippen molar-refractivity contribution in [2.45, 2.75) is 25.4 Å². The maximum absolute atomic E-state index is 12.1. The molecule has 1 aromatic rings. The van der Waals surface area contributed by atoms with Crippen LogP contribution < -0.4 is 15.4 Å². The lowest BCUT2D eigenvalue weighted by molar-refractivity contribution is -0.123. The molecule has 1 fully saturated rings. The predicted octanol–water partition coefficient (Wildman–Crippen LogP) is 1.45. The van der Waals surface area contributed by atoms with Crippen molar-refractivity contribution in [1.29, 1.82) is 0 Å². The number of benzene rings is 1. The number of ether oxygens (including phenoxy) is 1. The largest absolute Gasteiger partial charge is 0.496 e. The summed E-state index contributed by atoms with van der Waals surface area (Å²) in [5, 5.41) is 6.33. The summed E-state index contributed by atoms with van der Waals surface area (Å²) in [4.78, 5) is 12.1. The van der Waals surface area contributed by atoms with Gasteiger partial charge in [-0.3, -0.25) is 4.79 Å². The number of methoxy groups -OCH3 is 1. The zero-order valence-electron chi connectivity index (χ0n) is 12.0. The molecule has 2 N–H and O–H groups in total. The van der Waals surface area contributed by atoms with Gasteiger partial charge in [0.25, 0.3) is 0 Å². The predicted molar refractivity (Wildman–Crippen MR) is 83.4 cm³/mol. The SMILES string of the molecule is COc1ccccc1CC(C)NC(=O)C1CSCCN1. The van der Waals surface area contributed by atoms with E-state index in [2.05, 4.69) is 10.6 Å². The third-order valence-corrected chi connectivity index (χ3v) is 4.41. The van der Waals surface area contributed by atoms with Crippen LogP contribution in [0.3, 0.4) is 0 Å². The van der Waals surface area contributed by atoms with Gasteiger partial charge >= 0.3 is 0 Å². The molecule has 1 saturated heterocycles. The van der Waals surface area contributed by atoms with E-state index >= 15 is 0 Å². The van der Waals surface area contributed by atoms with E-state index < -0.39 is 0 Å². The van der Waals surface area contributed by atoms with Gasteiger partial charge in [0.2, 0.25) is 5.91 Å². The molecule has 0 radical (unpaired) electrons. The first-order valence-electron chi connectivity index (χ1n) is 6.94. The summed E-state index contributed by atoms with van der Waals surface area (Å²) in [5.74, 6) is 2.91. The molecule has 0 aliphatic carbocycles. The average Bonchev–Trinajstić information content (AvgIpc) is 2.48. The van der Waals surface area contributed by atoms with E-state index in [-0.39, 0.29) is 18.0 Å². The van der Waals surface area contributed by atoms with Crippen molar-refractivity contribution in [3.05, 3.63) is 29.8 Å². The lowest BCUT2D eigenvalue weighted by Crippen LogP contribution is -2.51. The van der Waals surface area contributed by atoms with Gasteiger partial charge in [-0.05, 0) is 25.0 Å². The minimum Gasteiger partial charge on any atom is -0.496 e. The molecule has 0 aromatic heterocycles. The fourth-order valence-electron chi connectivity index (χ4n) is 2.33. The quantitative estimate of drug-likeness (QED) is 0.863. The molecule has 0 spiro atoms. The van der Waals surface area contributed by atoms with Crippen LogP contribution in [0.1, 0.15) is 12.5 Å². The first-order valence-corrected chi connectivity index (χ1v) is 8.09. The van der Waals surface area contributed by atoms with Crippen LogP contribution in [0.15, 0.2) is 24.3 Å². The minimum absolute atomic E-state index is 0.0612. The van der Waals surface area contributed by atoms with E-state index in [1.807, 2.05) is 43.0 Å². The van der Waals surface area contributed by atoms with Crippen LogP contribution in [0.2, 0.25) is 0 Å². The van der Waals surface area contributed by atoms with Crippen LogP contribution >= 0.6 is 11.8 Å². The summed E-state index contributed by atoms with van der Waals surface area (Å²) < 4.78 is 5.34. The van der Waals surface area contributed by atoms with Crippen LogP contribution in [0, 0.1) is 0 Å². The molecule has 2 rings (SSSR count). The molecule has 4 nitrogen and oxygen atoms in total. The zero-order chi connectivity index (χ0) is 14.4. The summed E-state index contributed by atoms with van der Waals surface area (Å²) in [6.45, 7) is 2.93. The highest BCUT2D eigenvalue weighted by molar-refractivity contribution is 7.99. The van der Waals surface area contributed by atoms with Gasteiger partial charge in [0, 0.05) is 24.1 Å². The van der Waals surface area contributed by atoms with Crippen LogP contribution in [0.4, 0.5) is 0 Å². The Morgan fingerprint density at radius 2 is 2.35 bits per heavy atom. The van der Waals surface area contributed by atoms with Gasteiger partial charge in [-0.15, -0.1) is 0 Å². The molecule has 2 atom stereocenters. The van der Waals surface area contributed by atoms with E-state index in [0.717, 1.165) is 35.8 Å². The Morgan fingerprint density at radius 3 is 3.05 bits per heavy atom. The number of nitrogens with one attached hydrogen (secondary N) is 2. The van der Waals surface area contributed by atoms with Gasteiger partial charge in [-0.1, -0.05) is 18.2 Å². The van der Waals surface area contributed by atoms with Crippen molar-refractivity contribution < 1.29 is 9.53 Å². The monoisotopic (exact) mass is 294 g/mol. The number of hydrogen-bond acceptors (Lipinski definition) is 4. The zero-order valence-corrected chi connectivity index (χ0v) is 12.8. The molecule has 1 amide bonds. The van der Waals surface area contributed by atoms with Gasteiger partial charge < -0.3 is 15.4 Å². The minimum atomic E-state index is -0.0612. The lowest BCUT2D eigenvalue weighted by atomic mass is 10.1. The van der Waals surface area contributed by atoms with Gasteiger partial charge in [0.15, 0.2) is 0 Å². The summed E-state index contributed by atoms with van der Waals surface area (Å²) in [6.07, 6.45) is 0.773. The molecule has 20 heavy (non-hydrogen) atoms. The van der Waals surface area contributed by atoms with E-state index in [0.29, 0.717) is 0 Å². The molecule has 2 unspecified atom stereocenters. The third kappa shape index (κ3) is 4.15. The molecule has 0 bridgehead atoms. The molecule has 1 aromatic carbocycles. The fraction of sp³-hybridized carbons (Fsp3) is 0.533. The summed E-state index contributed by atoms with van der Waals surface area (Å²) in [7, 11) is 1.67. The van der Waals surface area contributed by atoms with Gasteiger partial charge in [0.1, 0.15) is 5.75 Å². The average molecular weight is 294 g/mol. The summed E-state index contributed by atoms with van der Waals surface area (Å²) >= 11 is 1.83. The topological polar surface area (TPSA) is 50.4 Å². The van der Waals surface area contributed by atoms with Crippen molar-refractivity contribution in [2.24, 2.45) is 0 Å².